The first-order valence-corrected chi connectivity index (χ1v) is 9.91. The molecule has 4 aromatic rings. The number of hydrogen-bond acceptors (Lipinski definition) is 5. The number of aromatic nitrogens is 5. The maximum Gasteiger partial charge on any atom is 0.272 e. The molecule has 1 unspecified atom stereocenters. The SMILES string of the molecule is Cc1cccc(C2CC(=O)Nc3c2c(C)nn3-c2nncc(-c3ccc(F)cc3)n2)c1. The predicted octanol–water partition coefficient (Wildman–Crippen LogP) is 3.95. The van der Waals surface area contributed by atoms with Gasteiger partial charge in [0.25, 0.3) is 5.95 Å². The second kappa shape index (κ2) is 7.39. The van der Waals surface area contributed by atoms with Crippen molar-refractivity contribution in [2.45, 2.75) is 26.2 Å². The van der Waals surface area contributed by atoms with Gasteiger partial charge in [-0.25, -0.2) is 9.37 Å². The molecule has 31 heavy (non-hydrogen) atoms. The van der Waals surface area contributed by atoms with E-state index in [1.807, 2.05) is 32.0 Å². The lowest BCUT2D eigenvalue weighted by atomic mass is 9.85. The highest BCUT2D eigenvalue weighted by Gasteiger charge is 2.33. The molecule has 1 N–H and O–H groups in total. The van der Waals surface area contributed by atoms with Crippen LogP contribution in [0.4, 0.5) is 10.2 Å². The summed E-state index contributed by atoms with van der Waals surface area (Å²) in [6.45, 7) is 3.94. The summed E-state index contributed by atoms with van der Waals surface area (Å²) in [6, 6.07) is 14.1. The summed E-state index contributed by atoms with van der Waals surface area (Å²) in [5, 5.41) is 15.7. The highest BCUT2D eigenvalue weighted by atomic mass is 19.1. The van der Waals surface area contributed by atoms with E-state index in [9.17, 15) is 9.18 Å². The summed E-state index contributed by atoms with van der Waals surface area (Å²) in [4.78, 5) is 17.1. The van der Waals surface area contributed by atoms with Crippen LogP contribution in [0.25, 0.3) is 17.2 Å². The number of hydrogen-bond donors (Lipinski definition) is 1. The molecule has 1 amide bonds. The van der Waals surface area contributed by atoms with E-state index < -0.39 is 0 Å². The van der Waals surface area contributed by atoms with Crippen LogP contribution in [0.1, 0.15) is 34.7 Å². The second-order valence-electron chi connectivity index (χ2n) is 7.63. The van der Waals surface area contributed by atoms with Crippen LogP contribution in [0.3, 0.4) is 0 Å². The van der Waals surface area contributed by atoms with E-state index in [-0.39, 0.29) is 23.6 Å². The Labute approximate surface area is 178 Å². The maximum absolute atomic E-state index is 13.3. The van der Waals surface area contributed by atoms with E-state index in [2.05, 4.69) is 31.7 Å². The third kappa shape index (κ3) is 3.46. The Morgan fingerprint density at radius 1 is 1.13 bits per heavy atom. The largest absolute Gasteiger partial charge is 0.310 e. The van der Waals surface area contributed by atoms with E-state index in [4.69, 9.17) is 0 Å². The molecule has 0 aliphatic carbocycles. The Balaban J connectivity index is 1.61. The fourth-order valence-electron chi connectivity index (χ4n) is 4.01. The Hall–Kier alpha value is -3.94. The standard InChI is InChI=1S/C23H19FN6O/c1-13-4-3-5-16(10-13)18-11-20(31)27-22-21(18)14(2)29-30(22)23-26-19(12-25-28-23)15-6-8-17(24)9-7-15/h3-10,12,18H,11H2,1-2H3,(H,27,31). The quantitative estimate of drug-likeness (QED) is 0.549. The molecule has 0 radical (unpaired) electrons. The van der Waals surface area contributed by atoms with Gasteiger partial charge < -0.3 is 5.32 Å². The average Bonchev–Trinajstić information content (AvgIpc) is 3.10. The molecule has 0 spiro atoms. The van der Waals surface area contributed by atoms with Crippen LogP contribution in [0.15, 0.2) is 54.7 Å². The monoisotopic (exact) mass is 414 g/mol. The van der Waals surface area contributed by atoms with Gasteiger partial charge in [0.1, 0.15) is 11.6 Å². The molecule has 2 aromatic carbocycles. The van der Waals surface area contributed by atoms with Crippen LogP contribution in [0.2, 0.25) is 0 Å². The zero-order valence-electron chi connectivity index (χ0n) is 17.0. The van der Waals surface area contributed by atoms with Gasteiger partial charge >= 0.3 is 0 Å². The molecule has 0 bridgehead atoms. The van der Waals surface area contributed by atoms with Crippen molar-refractivity contribution < 1.29 is 9.18 Å². The molecule has 7 nitrogen and oxygen atoms in total. The minimum Gasteiger partial charge on any atom is -0.310 e. The summed E-state index contributed by atoms with van der Waals surface area (Å²) in [7, 11) is 0. The molecule has 1 atom stereocenters. The van der Waals surface area contributed by atoms with Crippen molar-refractivity contribution in [3.05, 3.63) is 82.9 Å². The lowest BCUT2D eigenvalue weighted by Crippen LogP contribution is -2.25. The molecule has 0 saturated heterocycles. The number of amides is 1. The van der Waals surface area contributed by atoms with Gasteiger partial charge in [0.2, 0.25) is 5.91 Å². The molecule has 8 heteroatoms. The first-order chi connectivity index (χ1) is 15.0. The van der Waals surface area contributed by atoms with Crippen molar-refractivity contribution in [1.29, 1.82) is 0 Å². The number of fused-ring (bicyclic) bond motifs is 1. The Bertz CT molecular complexity index is 1300. The van der Waals surface area contributed by atoms with Crippen LogP contribution in [-0.2, 0) is 4.79 Å². The van der Waals surface area contributed by atoms with Crippen LogP contribution in [0, 0.1) is 19.7 Å². The van der Waals surface area contributed by atoms with E-state index in [0.29, 0.717) is 23.5 Å². The van der Waals surface area contributed by atoms with Crippen LogP contribution >= 0.6 is 0 Å². The molecule has 0 fully saturated rings. The first-order valence-electron chi connectivity index (χ1n) is 9.91. The molecule has 5 rings (SSSR count). The predicted molar refractivity (Wildman–Crippen MR) is 113 cm³/mol. The number of rotatable bonds is 3. The number of carbonyl (C=O) groups excluding carboxylic acids is 1. The van der Waals surface area contributed by atoms with Crippen molar-refractivity contribution >= 4 is 11.7 Å². The number of benzene rings is 2. The summed E-state index contributed by atoms with van der Waals surface area (Å²) in [5.41, 5.74) is 5.17. The normalized spacial score (nSPS) is 15.5. The van der Waals surface area contributed by atoms with Crippen molar-refractivity contribution in [2.75, 3.05) is 5.32 Å². The lowest BCUT2D eigenvalue weighted by molar-refractivity contribution is -0.116. The zero-order valence-corrected chi connectivity index (χ0v) is 17.0. The van der Waals surface area contributed by atoms with Crippen molar-refractivity contribution in [3.63, 3.8) is 0 Å². The molecule has 2 aromatic heterocycles. The summed E-state index contributed by atoms with van der Waals surface area (Å²) < 4.78 is 14.8. The van der Waals surface area contributed by atoms with Crippen molar-refractivity contribution in [1.82, 2.24) is 25.0 Å². The summed E-state index contributed by atoms with van der Waals surface area (Å²) in [5.74, 6) is 0.260. The summed E-state index contributed by atoms with van der Waals surface area (Å²) >= 11 is 0. The minimum absolute atomic E-state index is 0.0946. The molecular weight excluding hydrogens is 395 g/mol. The molecule has 3 heterocycles. The van der Waals surface area contributed by atoms with Gasteiger partial charge in [-0.2, -0.15) is 14.9 Å². The molecule has 154 valence electrons. The highest BCUT2D eigenvalue weighted by Crippen LogP contribution is 2.40. The van der Waals surface area contributed by atoms with Gasteiger partial charge in [0, 0.05) is 23.5 Å². The Kier molecular flexibility index (Phi) is 4.54. The number of nitrogens with zero attached hydrogens (tertiary/aromatic N) is 5. The van der Waals surface area contributed by atoms with E-state index in [1.54, 1.807) is 12.1 Å². The molecule has 0 saturated carbocycles. The fraction of sp³-hybridized carbons (Fsp3) is 0.174. The third-order valence-corrected chi connectivity index (χ3v) is 5.42. The van der Waals surface area contributed by atoms with Gasteiger partial charge in [-0.15, -0.1) is 5.10 Å². The second-order valence-corrected chi connectivity index (χ2v) is 7.63. The van der Waals surface area contributed by atoms with E-state index >= 15 is 0 Å². The number of aryl methyl sites for hydroxylation is 2. The van der Waals surface area contributed by atoms with Crippen LogP contribution < -0.4 is 5.32 Å². The van der Waals surface area contributed by atoms with Gasteiger partial charge in [-0.3, -0.25) is 4.79 Å². The lowest BCUT2D eigenvalue weighted by Gasteiger charge is -2.24. The third-order valence-electron chi connectivity index (χ3n) is 5.42. The highest BCUT2D eigenvalue weighted by molar-refractivity contribution is 5.95. The van der Waals surface area contributed by atoms with Crippen molar-refractivity contribution in [2.24, 2.45) is 0 Å². The number of carbonyl (C=O) groups is 1. The van der Waals surface area contributed by atoms with Gasteiger partial charge in [0.05, 0.1) is 17.6 Å². The molecular formula is C23H19FN6O. The molecule has 1 aliphatic heterocycles. The zero-order chi connectivity index (χ0) is 21.5. The van der Waals surface area contributed by atoms with Gasteiger partial charge in [-0.1, -0.05) is 29.8 Å². The van der Waals surface area contributed by atoms with E-state index in [1.165, 1.54) is 23.0 Å². The van der Waals surface area contributed by atoms with Crippen LogP contribution in [0.5, 0.6) is 0 Å². The van der Waals surface area contributed by atoms with Gasteiger partial charge in [0.15, 0.2) is 0 Å². The fourth-order valence-corrected chi connectivity index (χ4v) is 4.01. The average molecular weight is 414 g/mol. The molecule has 1 aliphatic rings. The number of halogens is 1. The topological polar surface area (TPSA) is 85.6 Å². The Morgan fingerprint density at radius 3 is 2.71 bits per heavy atom. The maximum atomic E-state index is 13.3. The smallest absolute Gasteiger partial charge is 0.272 e. The van der Waals surface area contributed by atoms with Crippen molar-refractivity contribution in [3.8, 4) is 17.2 Å². The minimum atomic E-state index is -0.326. The van der Waals surface area contributed by atoms with Gasteiger partial charge in [-0.05, 0) is 43.7 Å². The number of nitrogens with one attached hydrogen (secondary N) is 1. The van der Waals surface area contributed by atoms with E-state index in [0.717, 1.165) is 22.4 Å². The summed E-state index contributed by atoms with van der Waals surface area (Å²) in [6.07, 6.45) is 1.85. The first kappa shape index (κ1) is 19.0. The number of anilines is 1. The van der Waals surface area contributed by atoms with Crippen LogP contribution in [-0.4, -0.2) is 30.9 Å². The Morgan fingerprint density at radius 2 is 1.94 bits per heavy atom.